The summed E-state index contributed by atoms with van der Waals surface area (Å²) in [5.74, 6) is -0.873. The highest BCUT2D eigenvalue weighted by Crippen LogP contribution is 2.25. The quantitative estimate of drug-likeness (QED) is 0.691. The van der Waals surface area contributed by atoms with Crippen LogP contribution < -0.4 is 5.32 Å². The zero-order valence-electron chi connectivity index (χ0n) is 14.9. The maximum absolute atomic E-state index is 13.8. The highest BCUT2D eigenvalue weighted by Gasteiger charge is 2.32. The topological polar surface area (TPSA) is 66.5 Å². The van der Waals surface area contributed by atoms with Gasteiger partial charge >= 0.3 is 0 Å². The Hall–Kier alpha value is -1.48. The van der Waals surface area contributed by atoms with Crippen molar-refractivity contribution in [3.8, 4) is 0 Å². The van der Waals surface area contributed by atoms with E-state index in [1.807, 2.05) is 0 Å². The molecular weight excluding hydrogens is 471 g/mol. The number of halogens is 3. The van der Waals surface area contributed by atoms with E-state index in [0.717, 1.165) is 4.47 Å². The minimum absolute atomic E-state index is 0.0907. The van der Waals surface area contributed by atoms with E-state index in [1.54, 1.807) is 12.1 Å². The number of carbonyl (C=O) groups is 1. The lowest BCUT2D eigenvalue weighted by molar-refractivity contribution is -0.126. The molecule has 2 aromatic carbocycles. The van der Waals surface area contributed by atoms with Gasteiger partial charge in [0.2, 0.25) is 15.9 Å². The second-order valence-electron chi connectivity index (χ2n) is 6.59. The molecule has 0 atom stereocenters. The van der Waals surface area contributed by atoms with Gasteiger partial charge in [-0.3, -0.25) is 4.79 Å². The Morgan fingerprint density at radius 2 is 1.82 bits per heavy atom. The number of hydrogen-bond acceptors (Lipinski definition) is 3. The molecule has 0 spiro atoms. The van der Waals surface area contributed by atoms with Gasteiger partial charge in [-0.25, -0.2) is 12.8 Å². The highest BCUT2D eigenvalue weighted by molar-refractivity contribution is 9.10. The maximum atomic E-state index is 13.8. The van der Waals surface area contributed by atoms with E-state index in [-0.39, 0.29) is 42.2 Å². The van der Waals surface area contributed by atoms with E-state index in [2.05, 4.69) is 21.2 Å². The zero-order chi connectivity index (χ0) is 20.3. The van der Waals surface area contributed by atoms with E-state index in [0.29, 0.717) is 23.4 Å². The van der Waals surface area contributed by atoms with Crippen LogP contribution in [-0.2, 0) is 21.4 Å². The van der Waals surface area contributed by atoms with Crippen molar-refractivity contribution >= 4 is 43.5 Å². The molecule has 1 N–H and O–H groups in total. The van der Waals surface area contributed by atoms with E-state index >= 15 is 0 Å². The van der Waals surface area contributed by atoms with Crippen LogP contribution in [-0.4, -0.2) is 31.7 Å². The number of sulfonamides is 1. The highest BCUT2D eigenvalue weighted by atomic mass is 79.9. The molecular formula is C19H19BrClFN2O3S. The van der Waals surface area contributed by atoms with Crippen LogP contribution in [0.25, 0.3) is 0 Å². The molecule has 1 heterocycles. The van der Waals surface area contributed by atoms with E-state index < -0.39 is 10.0 Å². The summed E-state index contributed by atoms with van der Waals surface area (Å²) in [4.78, 5) is 12.6. The molecule has 0 aliphatic carbocycles. The fourth-order valence-corrected chi connectivity index (χ4v) is 5.12. The lowest BCUT2D eigenvalue weighted by Gasteiger charge is -2.30. The van der Waals surface area contributed by atoms with Gasteiger partial charge in [-0.1, -0.05) is 27.5 Å². The van der Waals surface area contributed by atoms with Crippen LogP contribution in [0.2, 0.25) is 5.02 Å². The van der Waals surface area contributed by atoms with Crippen molar-refractivity contribution in [2.75, 3.05) is 13.1 Å². The van der Waals surface area contributed by atoms with Gasteiger partial charge in [0.1, 0.15) is 5.82 Å². The summed E-state index contributed by atoms with van der Waals surface area (Å²) < 4.78 is 41.3. The van der Waals surface area contributed by atoms with Crippen LogP contribution in [0, 0.1) is 11.7 Å². The minimum atomic E-state index is -3.61. The number of rotatable bonds is 5. The van der Waals surface area contributed by atoms with Crippen LogP contribution in [0.1, 0.15) is 18.4 Å². The van der Waals surface area contributed by atoms with Gasteiger partial charge in [0.15, 0.2) is 0 Å². The van der Waals surface area contributed by atoms with Gasteiger partial charge in [-0.2, -0.15) is 4.31 Å². The van der Waals surface area contributed by atoms with E-state index in [4.69, 9.17) is 11.6 Å². The third kappa shape index (κ3) is 4.92. The smallest absolute Gasteiger partial charge is 0.243 e. The third-order valence-corrected chi connectivity index (χ3v) is 7.40. The molecule has 1 saturated heterocycles. The molecule has 150 valence electrons. The van der Waals surface area contributed by atoms with Gasteiger partial charge in [0.05, 0.1) is 4.90 Å². The Morgan fingerprint density at radius 3 is 2.46 bits per heavy atom. The molecule has 0 bridgehead atoms. The predicted octanol–water partition coefficient (Wildman–Crippen LogP) is 3.96. The number of benzene rings is 2. The molecule has 1 aliphatic heterocycles. The number of nitrogens with one attached hydrogen (secondary N) is 1. The summed E-state index contributed by atoms with van der Waals surface area (Å²) in [5.41, 5.74) is 0.394. The van der Waals surface area contributed by atoms with Gasteiger partial charge in [-0.05, 0) is 55.3 Å². The van der Waals surface area contributed by atoms with Gasteiger partial charge < -0.3 is 5.32 Å². The second-order valence-corrected chi connectivity index (χ2v) is 9.88. The average Bonchev–Trinajstić information content (AvgIpc) is 2.69. The van der Waals surface area contributed by atoms with Crippen molar-refractivity contribution in [3.05, 3.63) is 63.3 Å². The molecule has 9 heteroatoms. The molecule has 0 saturated carbocycles. The first-order chi connectivity index (χ1) is 13.3. The Kier molecular flexibility index (Phi) is 6.75. The normalized spacial score (nSPS) is 16.1. The summed E-state index contributed by atoms with van der Waals surface area (Å²) in [6, 6.07) is 10.6. The average molecular weight is 490 g/mol. The summed E-state index contributed by atoms with van der Waals surface area (Å²) in [6.45, 7) is 0.607. The van der Waals surface area contributed by atoms with Crippen molar-refractivity contribution in [3.63, 3.8) is 0 Å². The minimum Gasteiger partial charge on any atom is -0.352 e. The molecule has 3 rings (SSSR count). The van der Waals surface area contributed by atoms with Gasteiger partial charge in [-0.15, -0.1) is 0 Å². The zero-order valence-corrected chi connectivity index (χ0v) is 18.0. The van der Waals surface area contributed by atoms with Gasteiger partial charge in [0, 0.05) is 40.6 Å². The van der Waals surface area contributed by atoms with Crippen molar-refractivity contribution in [2.24, 2.45) is 5.92 Å². The van der Waals surface area contributed by atoms with Crippen molar-refractivity contribution in [1.82, 2.24) is 9.62 Å². The predicted molar refractivity (Wildman–Crippen MR) is 109 cm³/mol. The SMILES string of the molecule is O=C(NCc1cc(Br)ccc1F)C1CCN(S(=O)(=O)c2ccc(Cl)cc2)CC1. The van der Waals surface area contributed by atoms with Crippen LogP contribution in [0.15, 0.2) is 51.8 Å². The Balaban J connectivity index is 1.56. The Bertz CT molecular complexity index is 962. The number of piperidine rings is 1. The fraction of sp³-hybridized carbons (Fsp3) is 0.316. The van der Waals surface area contributed by atoms with Crippen molar-refractivity contribution < 1.29 is 17.6 Å². The summed E-state index contributed by atoms with van der Waals surface area (Å²) in [5, 5.41) is 3.21. The molecule has 2 aromatic rings. The van der Waals surface area contributed by atoms with E-state index in [1.165, 1.54) is 34.6 Å². The number of amides is 1. The third-order valence-electron chi connectivity index (χ3n) is 4.74. The second kappa shape index (κ2) is 8.90. The maximum Gasteiger partial charge on any atom is 0.243 e. The standard InChI is InChI=1S/C19H19BrClFN2O3S/c20-15-1-6-18(22)14(11-15)12-23-19(25)13-7-9-24(10-8-13)28(26,27)17-4-2-16(21)3-5-17/h1-6,11,13H,7-10,12H2,(H,23,25). The fourth-order valence-electron chi connectivity index (χ4n) is 3.12. The lowest BCUT2D eigenvalue weighted by Crippen LogP contribution is -2.42. The van der Waals surface area contributed by atoms with Crippen LogP contribution >= 0.6 is 27.5 Å². The van der Waals surface area contributed by atoms with Crippen molar-refractivity contribution in [2.45, 2.75) is 24.3 Å². The molecule has 1 aliphatic rings. The lowest BCUT2D eigenvalue weighted by atomic mass is 9.97. The first-order valence-corrected chi connectivity index (χ1v) is 11.4. The summed E-state index contributed by atoms with van der Waals surface area (Å²) in [7, 11) is -3.61. The first-order valence-electron chi connectivity index (χ1n) is 8.75. The van der Waals surface area contributed by atoms with Gasteiger partial charge in [0.25, 0.3) is 0 Å². The molecule has 0 radical (unpaired) electrons. The number of carbonyl (C=O) groups excluding carboxylic acids is 1. The van der Waals surface area contributed by atoms with Crippen molar-refractivity contribution in [1.29, 1.82) is 0 Å². The molecule has 28 heavy (non-hydrogen) atoms. The summed E-state index contributed by atoms with van der Waals surface area (Å²) >= 11 is 9.09. The van der Waals surface area contributed by atoms with Crippen LogP contribution in [0.3, 0.4) is 0 Å². The monoisotopic (exact) mass is 488 g/mol. The molecule has 0 aromatic heterocycles. The molecule has 0 unspecified atom stereocenters. The molecule has 5 nitrogen and oxygen atoms in total. The van der Waals surface area contributed by atoms with Crippen LogP contribution in [0.4, 0.5) is 4.39 Å². The Labute approximate surface area is 177 Å². The van der Waals surface area contributed by atoms with Crippen LogP contribution in [0.5, 0.6) is 0 Å². The Morgan fingerprint density at radius 1 is 1.18 bits per heavy atom. The number of hydrogen-bond donors (Lipinski definition) is 1. The first kappa shape index (κ1) is 21.2. The van der Waals surface area contributed by atoms with E-state index in [9.17, 15) is 17.6 Å². The number of nitrogens with zero attached hydrogens (tertiary/aromatic N) is 1. The molecule has 1 amide bonds. The largest absolute Gasteiger partial charge is 0.352 e. The summed E-state index contributed by atoms with van der Waals surface area (Å²) in [6.07, 6.45) is 0.833. The molecule has 1 fully saturated rings.